The fourth-order valence-electron chi connectivity index (χ4n) is 2.85. The minimum atomic E-state index is -0.125. The quantitative estimate of drug-likeness (QED) is 0.901. The van der Waals surface area contributed by atoms with E-state index in [9.17, 15) is 4.39 Å². The molecule has 1 aliphatic rings. The smallest absolute Gasteiger partial charge is 0.146 e. The molecular formula is C15H24FN3. The Morgan fingerprint density at radius 3 is 2.79 bits per heavy atom. The lowest BCUT2D eigenvalue weighted by atomic mass is 10.1. The number of hydrogen-bond donors (Lipinski definition) is 1. The molecule has 0 bridgehead atoms. The summed E-state index contributed by atoms with van der Waals surface area (Å²) in [5, 5.41) is 3.46. The predicted octanol–water partition coefficient (Wildman–Crippen LogP) is 1.94. The molecule has 1 aromatic carbocycles. The Morgan fingerprint density at radius 1 is 1.37 bits per heavy atom. The topological polar surface area (TPSA) is 18.5 Å². The monoisotopic (exact) mass is 265 g/mol. The Hall–Kier alpha value is -1.13. The molecule has 1 aliphatic heterocycles. The molecule has 2 rings (SSSR count). The van der Waals surface area contributed by atoms with Crippen molar-refractivity contribution in [2.75, 3.05) is 38.6 Å². The third-order valence-corrected chi connectivity index (χ3v) is 3.69. The second kappa shape index (κ2) is 6.35. The van der Waals surface area contributed by atoms with Gasteiger partial charge in [-0.3, -0.25) is 0 Å². The number of para-hydroxylation sites is 1. The Balaban J connectivity index is 2.31. The highest BCUT2D eigenvalue weighted by molar-refractivity contribution is 5.50. The summed E-state index contributed by atoms with van der Waals surface area (Å²) in [6.07, 6.45) is 1.04. The van der Waals surface area contributed by atoms with Crippen molar-refractivity contribution in [2.45, 2.75) is 25.4 Å². The van der Waals surface area contributed by atoms with Gasteiger partial charge in [0, 0.05) is 19.1 Å². The van der Waals surface area contributed by atoms with Gasteiger partial charge in [-0.25, -0.2) is 4.39 Å². The lowest BCUT2D eigenvalue weighted by Gasteiger charge is -2.38. The van der Waals surface area contributed by atoms with E-state index in [4.69, 9.17) is 0 Å². The van der Waals surface area contributed by atoms with E-state index in [0.717, 1.165) is 31.7 Å². The summed E-state index contributed by atoms with van der Waals surface area (Å²) in [6, 6.07) is 7.74. The maximum absolute atomic E-state index is 14.1. The average molecular weight is 265 g/mol. The van der Waals surface area contributed by atoms with Crippen molar-refractivity contribution in [1.29, 1.82) is 0 Å². The van der Waals surface area contributed by atoms with Crippen LogP contribution in [0, 0.1) is 5.82 Å². The minimum absolute atomic E-state index is 0.125. The lowest BCUT2D eigenvalue weighted by molar-refractivity contribution is 0.352. The molecule has 1 aromatic rings. The lowest BCUT2D eigenvalue weighted by Crippen LogP contribution is -2.49. The van der Waals surface area contributed by atoms with Gasteiger partial charge < -0.3 is 15.1 Å². The molecule has 0 aliphatic carbocycles. The summed E-state index contributed by atoms with van der Waals surface area (Å²) in [6.45, 7) is 5.00. The van der Waals surface area contributed by atoms with Gasteiger partial charge in [0.1, 0.15) is 5.82 Å². The van der Waals surface area contributed by atoms with Gasteiger partial charge in [0.2, 0.25) is 0 Å². The van der Waals surface area contributed by atoms with Crippen LogP contribution in [-0.4, -0.2) is 50.7 Å². The Kier molecular flexibility index (Phi) is 4.77. The van der Waals surface area contributed by atoms with E-state index >= 15 is 0 Å². The van der Waals surface area contributed by atoms with E-state index in [1.165, 1.54) is 0 Å². The molecule has 4 heteroatoms. The summed E-state index contributed by atoms with van der Waals surface area (Å²) in [5.41, 5.74) is 0.727. The van der Waals surface area contributed by atoms with Crippen molar-refractivity contribution in [1.82, 2.24) is 10.2 Å². The highest BCUT2D eigenvalue weighted by Crippen LogP contribution is 2.26. The van der Waals surface area contributed by atoms with Crippen LogP contribution in [-0.2, 0) is 0 Å². The second-order valence-electron chi connectivity index (χ2n) is 5.62. The van der Waals surface area contributed by atoms with E-state index in [2.05, 4.69) is 36.1 Å². The maximum Gasteiger partial charge on any atom is 0.146 e. The highest BCUT2D eigenvalue weighted by Gasteiger charge is 2.28. The molecule has 2 atom stereocenters. The van der Waals surface area contributed by atoms with E-state index in [1.54, 1.807) is 12.1 Å². The van der Waals surface area contributed by atoms with Gasteiger partial charge in [0.05, 0.1) is 11.7 Å². The van der Waals surface area contributed by atoms with Crippen molar-refractivity contribution >= 4 is 5.69 Å². The Labute approximate surface area is 115 Å². The summed E-state index contributed by atoms with van der Waals surface area (Å²) < 4.78 is 14.1. The number of benzene rings is 1. The maximum atomic E-state index is 14.1. The highest BCUT2D eigenvalue weighted by atomic mass is 19.1. The number of nitrogens with one attached hydrogen (secondary N) is 1. The zero-order valence-electron chi connectivity index (χ0n) is 12.1. The van der Waals surface area contributed by atoms with Crippen LogP contribution in [0.3, 0.4) is 0 Å². The zero-order chi connectivity index (χ0) is 13.8. The van der Waals surface area contributed by atoms with Crippen LogP contribution in [0.25, 0.3) is 0 Å². The molecule has 0 spiro atoms. The third kappa shape index (κ3) is 3.45. The van der Waals surface area contributed by atoms with Crippen molar-refractivity contribution in [2.24, 2.45) is 0 Å². The van der Waals surface area contributed by atoms with Crippen LogP contribution in [0.2, 0.25) is 0 Å². The first kappa shape index (κ1) is 14.3. The van der Waals surface area contributed by atoms with Crippen LogP contribution >= 0.6 is 0 Å². The number of halogens is 1. The molecule has 0 saturated carbocycles. The number of nitrogens with zero attached hydrogens (tertiary/aromatic N) is 2. The fourth-order valence-corrected chi connectivity index (χ4v) is 2.85. The van der Waals surface area contributed by atoms with Crippen molar-refractivity contribution < 1.29 is 4.39 Å². The van der Waals surface area contributed by atoms with E-state index in [0.29, 0.717) is 12.1 Å². The summed E-state index contributed by atoms with van der Waals surface area (Å²) in [4.78, 5) is 4.41. The molecule has 0 aromatic heterocycles. The molecule has 1 saturated heterocycles. The summed E-state index contributed by atoms with van der Waals surface area (Å²) >= 11 is 0. The zero-order valence-corrected chi connectivity index (χ0v) is 12.1. The Morgan fingerprint density at radius 2 is 2.11 bits per heavy atom. The van der Waals surface area contributed by atoms with Crippen molar-refractivity contribution in [3.8, 4) is 0 Å². The molecule has 1 N–H and O–H groups in total. The SMILES string of the molecule is CC1CCNCC(CN(C)C)N1c1ccccc1F. The van der Waals surface area contributed by atoms with Gasteiger partial charge in [-0.1, -0.05) is 12.1 Å². The fraction of sp³-hybridized carbons (Fsp3) is 0.600. The second-order valence-corrected chi connectivity index (χ2v) is 5.62. The van der Waals surface area contributed by atoms with Crippen molar-refractivity contribution in [3.63, 3.8) is 0 Å². The molecule has 2 unspecified atom stereocenters. The number of likely N-dealkylation sites (N-methyl/N-ethyl adjacent to an activating group) is 1. The van der Waals surface area contributed by atoms with E-state index in [-0.39, 0.29) is 5.82 Å². The molecule has 106 valence electrons. The molecule has 1 heterocycles. The summed E-state index contributed by atoms with van der Waals surface area (Å²) in [5.74, 6) is -0.125. The van der Waals surface area contributed by atoms with Gasteiger partial charge in [0.15, 0.2) is 0 Å². The van der Waals surface area contributed by atoms with Crippen LogP contribution in [0.15, 0.2) is 24.3 Å². The molecular weight excluding hydrogens is 241 g/mol. The standard InChI is InChI=1S/C15H24FN3/c1-12-8-9-17-10-13(11-18(2)3)19(12)15-7-5-4-6-14(15)16/h4-7,12-13,17H,8-11H2,1-3H3. The summed E-state index contributed by atoms with van der Waals surface area (Å²) in [7, 11) is 4.13. The van der Waals surface area contributed by atoms with Gasteiger partial charge >= 0.3 is 0 Å². The third-order valence-electron chi connectivity index (χ3n) is 3.69. The minimum Gasteiger partial charge on any atom is -0.361 e. The van der Waals surface area contributed by atoms with Crippen LogP contribution in [0.4, 0.5) is 10.1 Å². The van der Waals surface area contributed by atoms with Gasteiger partial charge in [0.25, 0.3) is 0 Å². The van der Waals surface area contributed by atoms with E-state index in [1.807, 2.05) is 12.1 Å². The number of anilines is 1. The predicted molar refractivity (Wildman–Crippen MR) is 78.2 cm³/mol. The van der Waals surface area contributed by atoms with Crippen LogP contribution < -0.4 is 10.2 Å². The molecule has 3 nitrogen and oxygen atoms in total. The van der Waals surface area contributed by atoms with Gasteiger partial charge in [-0.15, -0.1) is 0 Å². The van der Waals surface area contributed by atoms with Crippen LogP contribution in [0.5, 0.6) is 0 Å². The van der Waals surface area contributed by atoms with Crippen LogP contribution in [0.1, 0.15) is 13.3 Å². The van der Waals surface area contributed by atoms with Crippen molar-refractivity contribution in [3.05, 3.63) is 30.1 Å². The first-order valence-corrected chi connectivity index (χ1v) is 6.98. The van der Waals surface area contributed by atoms with Gasteiger partial charge in [-0.05, 0) is 46.1 Å². The normalized spacial score (nSPS) is 24.6. The molecule has 0 radical (unpaired) electrons. The average Bonchev–Trinajstić information content (AvgIpc) is 2.52. The number of rotatable bonds is 3. The first-order valence-electron chi connectivity index (χ1n) is 6.98. The van der Waals surface area contributed by atoms with Gasteiger partial charge in [-0.2, -0.15) is 0 Å². The molecule has 1 fully saturated rings. The Bertz CT molecular complexity index is 408. The molecule has 19 heavy (non-hydrogen) atoms. The molecule has 0 amide bonds. The number of hydrogen-bond acceptors (Lipinski definition) is 3. The first-order chi connectivity index (χ1) is 9.09. The largest absolute Gasteiger partial charge is 0.361 e. The van der Waals surface area contributed by atoms with E-state index < -0.39 is 0 Å².